The number of anilines is 2. The van der Waals surface area contributed by atoms with Gasteiger partial charge in [0, 0.05) is 0 Å². The van der Waals surface area contributed by atoms with Crippen molar-refractivity contribution < 1.29 is 9.13 Å². The van der Waals surface area contributed by atoms with E-state index in [0.717, 1.165) is 0 Å². The van der Waals surface area contributed by atoms with E-state index in [1.54, 1.807) is 12.1 Å². The summed E-state index contributed by atoms with van der Waals surface area (Å²) in [5.74, 6) is 0.189. The van der Waals surface area contributed by atoms with Gasteiger partial charge in [0.25, 0.3) is 0 Å². The predicted octanol–water partition coefficient (Wildman–Crippen LogP) is 4.23. The van der Waals surface area contributed by atoms with E-state index in [1.807, 2.05) is 44.2 Å². The van der Waals surface area contributed by atoms with Crippen LogP contribution in [0.4, 0.5) is 15.8 Å². The first-order valence-electron chi connectivity index (χ1n) is 6.32. The SMILES string of the molecule is CC(C)Oc1ccccc1Nc1ccc(C#N)cc1F. The van der Waals surface area contributed by atoms with Gasteiger partial charge < -0.3 is 10.1 Å². The quantitative estimate of drug-likeness (QED) is 0.904. The third-order valence-electron chi connectivity index (χ3n) is 2.62. The van der Waals surface area contributed by atoms with Gasteiger partial charge in [0.05, 0.1) is 29.1 Å². The highest BCUT2D eigenvalue weighted by Crippen LogP contribution is 2.29. The van der Waals surface area contributed by atoms with Crippen LogP contribution < -0.4 is 10.1 Å². The molecule has 0 bridgehead atoms. The van der Waals surface area contributed by atoms with Crippen molar-refractivity contribution in [3.63, 3.8) is 0 Å². The van der Waals surface area contributed by atoms with E-state index in [0.29, 0.717) is 22.7 Å². The third-order valence-corrected chi connectivity index (χ3v) is 2.62. The first kappa shape index (κ1) is 13.9. The molecule has 3 nitrogen and oxygen atoms in total. The van der Waals surface area contributed by atoms with Crippen LogP contribution in [0.5, 0.6) is 5.75 Å². The lowest BCUT2D eigenvalue weighted by atomic mass is 10.2. The van der Waals surface area contributed by atoms with Crippen molar-refractivity contribution in [2.45, 2.75) is 20.0 Å². The Labute approximate surface area is 117 Å². The van der Waals surface area contributed by atoms with Crippen LogP contribution in [0, 0.1) is 17.1 Å². The number of nitrogens with zero attached hydrogens (tertiary/aromatic N) is 1. The van der Waals surface area contributed by atoms with E-state index in [1.165, 1.54) is 6.07 Å². The Kier molecular flexibility index (Phi) is 4.21. The van der Waals surface area contributed by atoms with E-state index >= 15 is 0 Å². The topological polar surface area (TPSA) is 45.0 Å². The van der Waals surface area contributed by atoms with Crippen LogP contribution in [0.2, 0.25) is 0 Å². The number of benzene rings is 2. The Morgan fingerprint density at radius 2 is 1.90 bits per heavy atom. The molecule has 0 saturated carbocycles. The number of nitriles is 1. The molecule has 0 aliphatic rings. The molecule has 0 heterocycles. The van der Waals surface area contributed by atoms with Gasteiger partial charge in [0.2, 0.25) is 0 Å². The molecule has 102 valence electrons. The lowest BCUT2D eigenvalue weighted by molar-refractivity contribution is 0.244. The van der Waals surface area contributed by atoms with Gasteiger partial charge in [-0.2, -0.15) is 5.26 Å². The average molecular weight is 270 g/mol. The minimum Gasteiger partial charge on any atom is -0.489 e. The fourth-order valence-corrected chi connectivity index (χ4v) is 1.76. The molecule has 2 aromatic carbocycles. The third kappa shape index (κ3) is 3.27. The molecule has 0 fully saturated rings. The summed E-state index contributed by atoms with van der Waals surface area (Å²) in [6, 6.07) is 13.6. The molecule has 0 unspecified atom stereocenters. The Hall–Kier alpha value is -2.54. The monoisotopic (exact) mass is 270 g/mol. The molecular formula is C16H15FN2O. The number of nitrogens with one attached hydrogen (secondary N) is 1. The highest BCUT2D eigenvalue weighted by atomic mass is 19.1. The summed E-state index contributed by atoms with van der Waals surface area (Å²) in [5, 5.41) is 11.7. The van der Waals surface area contributed by atoms with E-state index in [9.17, 15) is 4.39 Å². The standard InChI is InChI=1S/C16H15FN2O/c1-11(2)20-16-6-4-3-5-15(16)19-14-8-7-12(10-18)9-13(14)17/h3-9,11,19H,1-2H3. The molecule has 0 radical (unpaired) electrons. The van der Waals surface area contributed by atoms with Gasteiger partial charge in [-0.05, 0) is 44.2 Å². The first-order chi connectivity index (χ1) is 9.60. The maximum Gasteiger partial charge on any atom is 0.147 e. The lowest BCUT2D eigenvalue weighted by Crippen LogP contribution is -2.07. The van der Waals surface area contributed by atoms with Gasteiger partial charge in [-0.3, -0.25) is 0 Å². The number of para-hydroxylation sites is 2. The van der Waals surface area contributed by atoms with Crippen molar-refractivity contribution in [3.8, 4) is 11.8 Å². The molecule has 0 spiro atoms. The summed E-state index contributed by atoms with van der Waals surface area (Å²) in [5.41, 5.74) is 1.29. The van der Waals surface area contributed by atoms with Crippen LogP contribution in [0.3, 0.4) is 0 Å². The van der Waals surface area contributed by atoms with Crippen LogP contribution in [0.25, 0.3) is 0 Å². The molecule has 0 aliphatic heterocycles. The smallest absolute Gasteiger partial charge is 0.147 e. The number of hydrogen-bond acceptors (Lipinski definition) is 3. The molecular weight excluding hydrogens is 255 g/mol. The summed E-state index contributed by atoms with van der Waals surface area (Å²) < 4.78 is 19.5. The van der Waals surface area contributed by atoms with Crippen LogP contribution in [0.1, 0.15) is 19.4 Å². The molecule has 1 N–H and O–H groups in total. The lowest BCUT2D eigenvalue weighted by Gasteiger charge is -2.15. The van der Waals surface area contributed by atoms with Gasteiger partial charge in [0.1, 0.15) is 11.6 Å². The van der Waals surface area contributed by atoms with Crippen molar-refractivity contribution in [2.75, 3.05) is 5.32 Å². The maximum atomic E-state index is 13.9. The zero-order chi connectivity index (χ0) is 14.5. The molecule has 0 aliphatic carbocycles. The molecule has 0 aromatic heterocycles. The second-order valence-corrected chi connectivity index (χ2v) is 4.59. The summed E-state index contributed by atoms with van der Waals surface area (Å²) in [4.78, 5) is 0. The van der Waals surface area contributed by atoms with E-state index in [4.69, 9.17) is 10.00 Å². The molecule has 0 atom stereocenters. The molecule has 4 heteroatoms. The van der Waals surface area contributed by atoms with Crippen molar-refractivity contribution in [3.05, 3.63) is 53.8 Å². The minimum absolute atomic E-state index is 0.0313. The van der Waals surface area contributed by atoms with E-state index in [2.05, 4.69) is 5.32 Å². The number of halogens is 1. The Bertz CT molecular complexity index is 647. The van der Waals surface area contributed by atoms with E-state index < -0.39 is 5.82 Å². The summed E-state index contributed by atoms with van der Waals surface area (Å²) >= 11 is 0. The maximum absolute atomic E-state index is 13.9. The second kappa shape index (κ2) is 6.07. The van der Waals surface area contributed by atoms with Crippen molar-refractivity contribution >= 4 is 11.4 Å². The van der Waals surface area contributed by atoms with Crippen LogP contribution in [-0.2, 0) is 0 Å². The zero-order valence-corrected chi connectivity index (χ0v) is 11.4. The summed E-state index contributed by atoms with van der Waals surface area (Å²) in [6.45, 7) is 3.86. The second-order valence-electron chi connectivity index (χ2n) is 4.59. The first-order valence-corrected chi connectivity index (χ1v) is 6.32. The molecule has 0 saturated heterocycles. The normalized spacial score (nSPS) is 10.2. The van der Waals surface area contributed by atoms with Gasteiger partial charge in [-0.25, -0.2) is 4.39 Å². The zero-order valence-electron chi connectivity index (χ0n) is 11.4. The molecule has 2 aromatic rings. The van der Waals surface area contributed by atoms with Crippen molar-refractivity contribution in [2.24, 2.45) is 0 Å². The van der Waals surface area contributed by atoms with Crippen molar-refractivity contribution in [1.82, 2.24) is 0 Å². The largest absolute Gasteiger partial charge is 0.489 e. The highest BCUT2D eigenvalue weighted by Gasteiger charge is 2.08. The van der Waals surface area contributed by atoms with Gasteiger partial charge >= 0.3 is 0 Å². The van der Waals surface area contributed by atoms with Crippen LogP contribution >= 0.6 is 0 Å². The predicted molar refractivity (Wildman–Crippen MR) is 76.6 cm³/mol. The average Bonchev–Trinajstić information content (AvgIpc) is 2.42. The fourth-order valence-electron chi connectivity index (χ4n) is 1.76. The molecule has 0 amide bonds. The Morgan fingerprint density at radius 1 is 1.15 bits per heavy atom. The minimum atomic E-state index is -0.469. The molecule has 20 heavy (non-hydrogen) atoms. The van der Waals surface area contributed by atoms with Crippen LogP contribution in [0.15, 0.2) is 42.5 Å². The molecule has 2 rings (SSSR count). The summed E-state index contributed by atoms with van der Waals surface area (Å²) in [7, 11) is 0. The number of hydrogen-bond donors (Lipinski definition) is 1. The van der Waals surface area contributed by atoms with Gasteiger partial charge in [-0.15, -0.1) is 0 Å². The van der Waals surface area contributed by atoms with E-state index in [-0.39, 0.29) is 6.10 Å². The van der Waals surface area contributed by atoms with Gasteiger partial charge in [0.15, 0.2) is 0 Å². The van der Waals surface area contributed by atoms with Crippen molar-refractivity contribution in [1.29, 1.82) is 5.26 Å². The highest BCUT2D eigenvalue weighted by molar-refractivity contribution is 5.67. The number of rotatable bonds is 4. The van der Waals surface area contributed by atoms with Crippen LogP contribution in [-0.4, -0.2) is 6.10 Å². The Balaban J connectivity index is 2.28. The summed E-state index contributed by atoms with van der Waals surface area (Å²) in [6.07, 6.45) is 0.0313. The fraction of sp³-hybridized carbons (Fsp3) is 0.188. The number of ether oxygens (including phenoxy) is 1. The van der Waals surface area contributed by atoms with Gasteiger partial charge in [-0.1, -0.05) is 12.1 Å². The Morgan fingerprint density at radius 3 is 2.55 bits per heavy atom.